The second-order valence-corrected chi connectivity index (χ2v) is 6.15. The molecule has 0 unspecified atom stereocenters. The van der Waals surface area contributed by atoms with Crippen molar-refractivity contribution in [2.75, 3.05) is 41.3 Å². The molecule has 1 N–H and O–H groups in total. The van der Waals surface area contributed by atoms with Gasteiger partial charge in [0, 0.05) is 49.7 Å². The summed E-state index contributed by atoms with van der Waals surface area (Å²) in [6, 6.07) is 18.8. The molecule has 0 radical (unpaired) electrons. The predicted octanol–water partition coefficient (Wildman–Crippen LogP) is 3.75. The second-order valence-electron chi connectivity index (χ2n) is 6.15. The van der Waals surface area contributed by atoms with Gasteiger partial charge < -0.3 is 15.1 Å². The zero-order valence-electron chi connectivity index (χ0n) is 14.2. The van der Waals surface area contributed by atoms with Crippen LogP contribution in [0.15, 0.2) is 54.6 Å². The molecule has 4 nitrogen and oxygen atoms in total. The lowest BCUT2D eigenvalue weighted by Crippen LogP contribution is -2.46. The Hall–Kier alpha value is -2.49. The minimum absolute atomic E-state index is 0.0849. The number of piperazine rings is 1. The molecule has 1 amide bonds. The van der Waals surface area contributed by atoms with Gasteiger partial charge in [-0.2, -0.15) is 0 Å². The van der Waals surface area contributed by atoms with Crippen molar-refractivity contribution in [3.8, 4) is 0 Å². The summed E-state index contributed by atoms with van der Waals surface area (Å²) < 4.78 is 0. The van der Waals surface area contributed by atoms with Crippen molar-refractivity contribution in [1.29, 1.82) is 0 Å². The standard InChI is InChI=1S/C20H25N3O/c1-2-6-20(24)21-17-9-11-19(12-10-17)23-15-13-22(14-16-23)18-7-4-3-5-8-18/h3-5,7-12H,2,6,13-16H2,1H3,(H,21,24). The van der Waals surface area contributed by atoms with Crippen LogP contribution in [0, 0.1) is 0 Å². The van der Waals surface area contributed by atoms with Crippen LogP contribution >= 0.6 is 0 Å². The summed E-state index contributed by atoms with van der Waals surface area (Å²) in [6.07, 6.45) is 1.44. The van der Waals surface area contributed by atoms with E-state index in [1.54, 1.807) is 0 Å². The Morgan fingerprint density at radius 2 is 1.42 bits per heavy atom. The monoisotopic (exact) mass is 323 g/mol. The lowest BCUT2D eigenvalue weighted by molar-refractivity contribution is -0.116. The van der Waals surface area contributed by atoms with Gasteiger partial charge in [-0.15, -0.1) is 0 Å². The summed E-state index contributed by atoms with van der Waals surface area (Å²) in [5.41, 5.74) is 3.39. The number of rotatable bonds is 5. The number of hydrogen-bond acceptors (Lipinski definition) is 3. The quantitative estimate of drug-likeness (QED) is 0.910. The number of nitrogens with zero attached hydrogens (tertiary/aromatic N) is 2. The molecule has 0 aliphatic carbocycles. The third-order valence-corrected chi connectivity index (χ3v) is 4.39. The van der Waals surface area contributed by atoms with Crippen LogP contribution in [0.25, 0.3) is 0 Å². The first kappa shape index (κ1) is 16.4. The summed E-state index contributed by atoms with van der Waals surface area (Å²) >= 11 is 0. The van der Waals surface area contributed by atoms with Crippen molar-refractivity contribution in [3.63, 3.8) is 0 Å². The van der Waals surface area contributed by atoms with Gasteiger partial charge in [-0.1, -0.05) is 25.1 Å². The van der Waals surface area contributed by atoms with Crippen molar-refractivity contribution in [1.82, 2.24) is 0 Å². The smallest absolute Gasteiger partial charge is 0.224 e. The number of nitrogens with one attached hydrogen (secondary N) is 1. The SMILES string of the molecule is CCCC(=O)Nc1ccc(N2CCN(c3ccccc3)CC2)cc1. The Morgan fingerprint density at radius 1 is 0.875 bits per heavy atom. The highest BCUT2D eigenvalue weighted by atomic mass is 16.1. The number of benzene rings is 2. The molecule has 1 saturated heterocycles. The highest BCUT2D eigenvalue weighted by Crippen LogP contribution is 2.22. The van der Waals surface area contributed by atoms with Gasteiger partial charge in [-0.25, -0.2) is 0 Å². The van der Waals surface area contributed by atoms with Crippen LogP contribution in [0.5, 0.6) is 0 Å². The fraction of sp³-hybridized carbons (Fsp3) is 0.350. The maximum absolute atomic E-state index is 11.6. The minimum atomic E-state index is 0.0849. The number of carbonyl (C=O) groups is 1. The lowest BCUT2D eigenvalue weighted by atomic mass is 10.2. The van der Waals surface area contributed by atoms with Gasteiger partial charge in [0.05, 0.1) is 0 Å². The Bertz CT molecular complexity index is 646. The van der Waals surface area contributed by atoms with Crippen molar-refractivity contribution in [2.24, 2.45) is 0 Å². The van der Waals surface area contributed by atoms with Crippen LogP contribution < -0.4 is 15.1 Å². The van der Waals surface area contributed by atoms with Crippen LogP contribution in [0.2, 0.25) is 0 Å². The third kappa shape index (κ3) is 4.07. The fourth-order valence-corrected chi connectivity index (χ4v) is 3.07. The molecule has 2 aromatic rings. The molecule has 126 valence electrons. The van der Waals surface area contributed by atoms with Crippen LogP contribution in [0.4, 0.5) is 17.1 Å². The average Bonchev–Trinajstić information content (AvgIpc) is 2.63. The topological polar surface area (TPSA) is 35.6 Å². The van der Waals surface area contributed by atoms with Gasteiger partial charge >= 0.3 is 0 Å². The lowest BCUT2D eigenvalue weighted by Gasteiger charge is -2.37. The van der Waals surface area contributed by atoms with Gasteiger partial charge in [0.2, 0.25) is 5.91 Å². The molecule has 0 bridgehead atoms. The van der Waals surface area contributed by atoms with Crippen LogP contribution in [0.1, 0.15) is 19.8 Å². The molecule has 3 rings (SSSR count). The first-order chi connectivity index (χ1) is 11.8. The maximum atomic E-state index is 11.6. The molecule has 1 aliphatic rings. The molecule has 1 aliphatic heterocycles. The van der Waals surface area contributed by atoms with Crippen LogP contribution in [0.3, 0.4) is 0 Å². The van der Waals surface area contributed by atoms with E-state index in [0.717, 1.165) is 38.3 Å². The zero-order chi connectivity index (χ0) is 16.8. The van der Waals surface area contributed by atoms with Crippen molar-refractivity contribution < 1.29 is 4.79 Å². The molecule has 1 heterocycles. The number of hydrogen-bond donors (Lipinski definition) is 1. The Labute approximate surface area is 144 Å². The van der Waals surface area contributed by atoms with Gasteiger partial charge in [0.25, 0.3) is 0 Å². The number of carbonyl (C=O) groups excluding carboxylic acids is 1. The van der Waals surface area contributed by atoms with Crippen molar-refractivity contribution >= 4 is 23.0 Å². The summed E-state index contributed by atoms with van der Waals surface area (Å²) in [4.78, 5) is 16.5. The average molecular weight is 323 g/mol. The minimum Gasteiger partial charge on any atom is -0.368 e. The molecular weight excluding hydrogens is 298 g/mol. The van der Waals surface area contributed by atoms with E-state index >= 15 is 0 Å². The molecular formula is C20H25N3O. The normalized spacial score (nSPS) is 14.5. The van der Waals surface area contributed by atoms with E-state index in [1.807, 2.05) is 19.1 Å². The van der Waals surface area contributed by atoms with E-state index in [1.165, 1.54) is 11.4 Å². The molecule has 0 aromatic heterocycles. The van der Waals surface area contributed by atoms with E-state index in [0.29, 0.717) is 6.42 Å². The van der Waals surface area contributed by atoms with Gasteiger partial charge in [0.15, 0.2) is 0 Å². The number of para-hydroxylation sites is 1. The number of amides is 1. The van der Waals surface area contributed by atoms with Crippen molar-refractivity contribution in [3.05, 3.63) is 54.6 Å². The summed E-state index contributed by atoms with van der Waals surface area (Å²) in [7, 11) is 0. The zero-order valence-corrected chi connectivity index (χ0v) is 14.2. The first-order valence-corrected chi connectivity index (χ1v) is 8.71. The molecule has 0 spiro atoms. The summed E-state index contributed by atoms with van der Waals surface area (Å²) in [5.74, 6) is 0.0849. The van der Waals surface area contributed by atoms with E-state index in [2.05, 4.69) is 57.6 Å². The molecule has 0 saturated carbocycles. The summed E-state index contributed by atoms with van der Waals surface area (Å²) in [6.45, 7) is 6.09. The largest absolute Gasteiger partial charge is 0.368 e. The van der Waals surface area contributed by atoms with Gasteiger partial charge in [0.1, 0.15) is 0 Å². The molecule has 2 aromatic carbocycles. The van der Waals surface area contributed by atoms with Gasteiger partial charge in [-0.3, -0.25) is 4.79 Å². The highest BCUT2D eigenvalue weighted by Gasteiger charge is 2.17. The fourth-order valence-electron chi connectivity index (χ4n) is 3.07. The van der Waals surface area contributed by atoms with Crippen LogP contribution in [-0.2, 0) is 4.79 Å². The Kier molecular flexibility index (Phi) is 5.36. The molecule has 24 heavy (non-hydrogen) atoms. The van der Waals surface area contributed by atoms with Gasteiger partial charge in [-0.05, 0) is 42.8 Å². The summed E-state index contributed by atoms with van der Waals surface area (Å²) in [5, 5.41) is 2.94. The Balaban J connectivity index is 1.55. The predicted molar refractivity (Wildman–Crippen MR) is 101 cm³/mol. The van der Waals surface area contributed by atoms with E-state index in [4.69, 9.17) is 0 Å². The van der Waals surface area contributed by atoms with E-state index in [-0.39, 0.29) is 5.91 Å². The van der Waals surface area contributed by atoms with Crippen molar-refractivity contribution in [2.45, 2.75) is 19.8 Å². The first-order valence-electron chi connectivity index (χ1n) is 8.71. The maximum Gasteiger partial charge on any atom is 0.224 e. The molecule has 1 fully saturated rings. The molecule has 0 atom stereocenters. The van der Waals surface area contributed by atoms with Crippen LogP contribution in [-0.4, -0.2) is 32.1 Å². The second kappa shape index (κ2) is 7.86. The Morgan fingerprint density at radius 3 is 1.96 bits per heavy atom. The van der Waals surface area contributed by atoms with E-state index < -0.39 is 0 Å². The molecule has 4 heteroatoms. The third-order valence-electron chi connectivity index (χ3n) is 4.39. The number of anilines is 3. The van der Waals surface area contributed by atoms with E-state index in [9.17, 15) is 4.79 Å². The highest BCUT2D eigenvalue weighted by molar-refractivity contribution is 5.90.